The van der Waals surface area contributed by atoms with Crippen LogP contribution in [0.15, 0.2) is 4.52 Å². The van der Waals surface area contributed by atoms with Gasteiger partial charge in [0, 0.05) is 6.04 Å². The summed E-state index contributed by atoms with van der Waals surface area (Å²) in [4.78, 5) is 4.25. The zero-order valence-corrected chi connectivity index (χ0v) is 9.14. The van der Waals surface area contributed by atoms with E-state index >= 15 is 0 Å². The summed E-state index contributed by atoms with van der Waals surface area (Å²) in [6.07, 6.45) is 3.64. The van der Waals surface area contributed by atoms with E-state index in [2.05, 4.69) is 22.4 Å². The van der Waals surface area contributed by atoms with Crippen molar-refractivity contribution < 1.29 is 4.52 Å². The Morgan fingerprint density at radius 3 is 3.14 bits per heavy atom. The van der Waals surface area contributed by atoms with Gasteiger partial charge in [-0.05, 0) is 25.0 Å². The van der Waals surface area contributed by atoms with Gasteiger partial charge < -0.3 is 9.84 Å². The Kier molecular flexibility index (Phi) is 3.29. The first kappa shape index (κ1) is 9.83. The van der Waals surface area contributed by atoms with Crippen LogP contribution in [0.1, 0.15) is 32.0 Å². The number of nitrogens with one attached hydrogen (secondary N) is 1. The minimum absolute atomic E-state index is 0.576. The lowest BCUT2D eigenvalue weighted by Gasteiger charge is -1.93. The molecule has 2 rings (SSSR count). The number of nitrogens with zero attached hydrogens (tertiary/aromatic N) is 2. The van der Waals surface area contributed by atoms with E-state index in [4.69, 9.17) is 4.52 Å². The molecule has 0 saturated heterocycles. The fourth-order valence-electron chi connectivity index (χ4n) is 1.08. The average molecular weight is 213 g/mol. The predicted molar refractivity (Wildman–Crippen MR) is 57.4 cm³/mol. The van der Waals surface area contributed by atoms with Gasteiger partial charge in [0.1, 0.15) is 0 Å². The Bertz CT molecular complexity index is 285. The van der Waals surface area contributed by atoms with Crippen LogP contribution in [0.25, 0.3) is 0 Å². The molecule has 0 atom stereocenters. The zero-order valence-electron chi connectivity index (χ0n) is 8.32. The van der Waals surface area contributed by atoms with E-state index < -0.39 is 0 Å². The normalized spacial score (nSPS) is 15.8. The number of anilines is 1. The van der Waals surface area contributed by atoms with Gasteiger partial charge in [-0.15, -0.1) is 0 Å². The van der Waals surface area contributed by atoms with Crippen LogP contribution in [-0.4, -0.2) is 21.9 Å². The second-order valence-electron chi connectivity index (χ2n) is 3.49. The summed E-state index contributed by atoms with van der Waals surface area (Å²) >= 11 is 1.84. The standard InChI is InChI=1S/C9H15N3OS/c1-2-5-14-6-8-11-9(13-12-8)10-7-3-4-7/h7H,2-6H2,1H3,(H,10,11,12). The van der Waals surface area contributed by atoms with Crippen LogP contribution in [0.4, 0.5) is 6.01 Å². The van der Waals surface area contributed by atoms with Crippen molar-refractivity contribution in [2.45, 2.75) is 38.0 Å². The second-order valence-corrected chi connectivity index (χ2v) is 4.59. The Morgan fingerprint density at radius 2 is 2.43 bits per heavy atom. The molecule has 4 nitrogen and oxygen atoms in total. The molecule has 1 aliphatic rings. The molecule has 78 valence electrons. The highest BCUT2D eigenvalue weighted by Gasteiger charge is 2.23. The van der Waals surface area contributed by atoms with Crippen molar-refractivity contribution in [3.63, 3.8) is 0 Å². The maximum atomic E-state index is 5.06. The lowest BCUT2D eigenvalue weighted by molar-refractivity contribution is 0.424. The van der Waals surface area contributed by atoms with Crippen molar-refractivity contribution in [2.24, 2.45) is 0 Å². The number of rotatable bonds is 6. The van der Waals surface area contributed by atoms with Crippen LogP contribution in [0.5, 0.6) is 0 Å². The summed E-state index contributed by atoms with van der Waals surface area (Å²) in [6, 6.07) is 1.16. The maximum Gasteiger partial charge on any atom is 0.321 e. The summed E-state index contributed by atoms with van der Waals surface area (Å²) in [5.41, 5.74) is 0. The first-order chi connectivity index (χ1) is 6.88. The van der Waals surface area contributed by atoms with Crippen LogP contribution < -0.4 is 5.32 Å². The van der Waals surface area contributed by atoms with Crippen LogP contribution in [0, 0.1) is 0 Å². The van der Waals surface area contributed by atoms with E-state index in [1.165, 1.54) is 19.3 Å². The van der Waals surface area contributed by atoms with Crippen molar-refractivity contribution in [1.29, 1.82) is 0 Å². The molecule has 14 heavy (non-hydrogen) atoms. The summed E-state index contributed by atoms with van der Waals surface area (Å²) in [6.45, 7) is 2.17. The molecule has 0 bridgehead atoms. The Hall–Kier alpha value is -0.710. The summed E-state index contributed by atoms with van der Waals surface area (Å²) in [5, 5.41) is 7.08. The fraction of sp³-hybridized carbons (Fsp3) is 0.778. The zero-order chi connectivity index (χ0) is 9.80. The van der Waals surface area contributed by atoms with Gasteiger partial charge in [-0.3, -0.25) is 0 Å². The van der Waals surface area contributed by atoms with Crippen molar-refractivity contribution in [1.82, 2.24) is 10.1 Å². The number of hydrogen-bond acceptors (Lipinski definition) is 5. The predicted octanol–water partition coefficient (Wildman–Crippen LogP) is 2.29. The van der Waals surface area contributed by atoms with E-state index in [-0.39, 0.29) is 0 Å². The maximum absolute atomic E-state index is 5.06. The van der Waals surface area contributed by atoms with Crippen molar-refractivity contribution >= 4 is 17.8 Å². The Morgan fingerprint density at radius 1 is 1.57 bits per heavy atom. The highest BCUT2D eigenvalue weighted by atomic mass is 32.2. The Balaban J connectivity index is 1.76. The molecule has 0 unspecified atom stereocenters. The molecule has 0 radical (unpaired) electrons. The molecule has 1 fully saturated rings. The topological polar surface area (TPSA) is 51.0 Å². The molecule has 1 aromatic heterocycles. The van der Waals surface area contributed by atoms with Crippen molar-refractivity contribution in [3.8, 4) is 0 Å². The molecule has 0 aliphatic heterocycles. The molecule has 1 heterocycles. The summed E-state index contributed by atoms with van der Waals surface area (Å²) < 4.78 is 5.06. The molecule has 1 saturated carbocycles. The van der Waals surface area contributed by atoms with Gasteiger partial charge in [0.05, 0.1) is 5.75 Å². The van der Waals surface area contributed by atoms with E-state index in [0.717, 1.165) is 17.3 Å². The van der Waals surface area contributed by atoms with Crippen molar-refractivity contribution in [3.05, 3.63) is 5.82 Å². The van der Waals surface area contributed by atoms with E-state index in [9.17, 15) is 0 Å². The van der Waals surface area contributed by atoms with Crippen LogP contribution in [0.3, 0.4) is 0 Å². The van der Waals surface area contributed by atoms with E-state index in [1.807, 2.05) is 11.8 Å². The van der Waals surface area contributed by atoms with Gasteiger partial charge in [-0.25, -0.2) is 0 Å². The third-order valence-corrected chi connectivity index (χ3v) is 3.11. The largest absolute Gasteiger partial charge is 0.335 e. The minimum Gasteiger partial charge on any atom is -0.335 e. The van der Waals surface area contributed by atoms with E-state index in [0.29, 0.717) is 12.1 Å². The van der Waals surface area contributed by atoms with Crippen LogP contribution in [0.2, 0.25) is 0 Å². The smallest absolute Gasteiger partial charge is 0.321 e. The molecule has 1 aromatic rings. The summed E-state index contributed by atoms with van der Waals surface area (Å²) in [5.74, 6) is 2.80. The fourth-order valence-corrected chi connectivity index (χ4v) is 1.81. The minimum atomic E-state index is 0.576. The summed E-state index contributed by atoms with van der Waals surface area (Å²) in [7, 11) is 0. The van der Waals surface area contributed by atoms with Crippen molar-refractivity contribution in [2.75, 3.05) is 11.1 Å². The molecular formula is C9H15N3OS. The number of aromatic nitrogens is 2. The molecule has 1 aliphatic carbocycles. The first-order valence-corrected chi connectivity index (χ1v) is 6.21. The first-order valence-electron chi connectivity index (χ1n) is 5.05. The third kappa shape index (κ3) is 2.90. The van der Waals surface area contributed by atoms with Gasteiger partial charge in [-0.2, -0.15) is 16.7 Å². The van der Waals surface area contributed by atoms with Gasteiger partial charge >= 0.3 is 6.01 Å². The molecule has 5 heteroatoms. The second kappa shape index (κ2) is 4.68. The number of hydrogen-bond donors (Lipinski definition) is 1. The van der Waals surface area contributed by atoms with Gasteiger partial charge in [0.15, 0.2) is 5.82 Å². The number of thioether (sulfide) groups is 1. The molecule has 0 amide bonds. The van der Waals surface area contributed by atoms with Gasteiger partial charge in [0.25, 0.3) is 0 Å². The quantitative estimate of drug-likeness (QED) is 0.735. The van der Waals surface area contributed by atoms with Gasteiger partial charge in [0.2, 0.25) is 0 Å². The Labute approximate surface area is 87.8 Å². The SMILES string of the molecule is CCCSCc1noc(NC2CC2)n1. The van der Waals surface area contributed by atoms with Crippen LogP contribution in [-0.2, 0) is 5.75 Å². The van der Waals surface area contributed by atoms with Crippen LogP contribution >= 0.6 is 11.8 Å². The lowest BCUT2D eigenvalue weighted by atomic mass is 10.6. The van der Waals surface area contributed by atoms with E-state index in [1.54, 1.807) is 0 Å². The lowest BCUT2D eigenvalue weighted by Crippen LogP contribution is -2.00. The van der Waals surface area contributed by atoms with Gasteiger partial charge in [-0.1, -0.05) is 12.1 Å². The molecule has 1 N–H and O–H groups in total. The highest BCUT2D eigenvalue weighted by molar-refractivity contribution is 7.98. The average Bonchev–Trinajstić information content (AvgIpc) is 2.87. The molecular weight excluding hydrogens is 198 g/mol. The third-order valence-electron chi connectivity index (χ3n) is 1.95. The molecule has 0 aromatic carbocycles. The monoisotopic (exact) mass is 213 g/mol. The highest BCUT2D eigenvalue weighted by Crippen LogP contribution is 2.23. The molecule has 0 spiro atoms.